The Bertz CT molecular complexity index is 363. The molecule has 1 aromatic rings. The fourth-order valence-corrected chi connectivity index (χ4v) is 2.19. The van der Waals surface area contributed by atoms with Crippen molar-refractivity contribution in [2.45, 2.75) is 39.2 Å². The molecule has 3 nitrogen and oxygen atoms in total. The molecule has 3 heteroatoms. The average Bonchev–Trinajstić information content (AvgIpc) is 2.38. The second-order valence-corrected chi connectivity index (χ2v) is 4.76. The molecule has 1 N–H and O–H groups in total. The molecule has 102 valence electrons. The Morgan fingerprint density at radius 1 is 1.17 bits per heavy atom. The Morgan fingerprint density at radius 2 is 1.83 bits per heavy atom. The third kappa shape index (κ3) is 3.91. The first-order valence-electron chi connectivity index (χ1n) is 6.52. The number of hydrogen-bond donors (Lipinski definition) is 1. The SMILES string of the molecule is CCCC(C)CC(O)c1ccc(OC)c(OC)c1. The summed E-state index contributed by atoms with van der Waals surface area (Å²) in [6, 6.07) is 5.58. The molecule has 0 aromatic heterocycles. The van der Waals surface area contributed by atoms with Gasteiger partial charge in [0, 0.05) is 0 Å². The van der Waals surface area contributed by atoms with Gasteiger partial charge in [-0.15, -0.1) is 0 Å². The first-order valence-corrected chi connectivity index (χ1v) is 6.52. The van der Waals surface area contributed by atoms with E-state index < -0.39 is 6.10 Å². The molecule has 0 bridgehead atoms. The molecule has 1 rings (SSSR count). The zero-order valence-electron chi connectivity index (χ0n) is 11.8. The lowest BCUT2D eigenvalue weighted by Crippen LogP contribution is -2.05. The van der Waals surface area contributed by atoms with Gasteiger partial charge in [-0.05, 0) is 30.0 Å². The van der Waals surface area contributed by atoms with Gasteiger partial charge in [-0.1, -0.05) is 32.8 Å². The second kappa shape index (κ2) is 7.27. The third-order valence-corrected chi connectivity index (χ3v) is 3.20. The minimum atomic E-state index is -0.439. The lowest BCUT2D eigenvalue weighted by molar-refractivity contribution is 0.144. The average molecular weight is 252 g/mol. The molecular weight excluding hydrogens is 228 g/mol. The summed E-state index contributed by atoms with van der Waals surface area (Å²) >= 11 is 0. The molecule has 0 amide bonds. The maximum absolute atomic E-state index is 10.2. The highest BCUT2D eigenvalue weighted by Gasteiger charge is 2.14. The van der Waals surface area contributed by atoms with Crippen molar-refractivity contribution < 1.29 is 14.6 Å². The van der Waals surface area contributed by atoms with Crippen LogP contribution in [-0.4, -0.2) is 19.3 Å². The Labute approximate surface area is 110 Å². The molecule has 0 aliphatic rings. The van der Waals surface area contributed by atoms with Crippen LogP contribution in [0, 0.1) is 5.92 Å². The second-order valence-electron chi connectivity index (χ2n) is 4.76. The summed E-state index contributed by atoms with van der Waals surface area (Å²) in [6.07, 6.45) is 2.64. The Kier molecular flexibility index (Phi) is 5.99. The van der Waals surface area contributed by atoms with Crippen LogP contribution in [0.1, 0.15) is 44.8 Å². The van der Waals surface area contributed by atoms with Gasteiger partial charge in [-0.25, -0.2) is 0 Å². The quantitative estimate of drug-likeness (QED) is 0.806. The Hall–Kier alpha value is -1.22. The van der Waals surface area contributed by atoms with Crippen LogP contribution in [0.5, 0.6) is 11.5 Å². The molecule has 0 aliphatic heterocycles. The molecule has 0 fully saturated rings. The summed E-state index contributed by atoms with van der Waals surface area (Å²) in [5.41, 5.74) is 0.885. The van der Waals surface area contributed by atoms with E-state index in [4.69, 9.17) is 9.47 Å². The predicted molar refractivity (Wildman–Crippen MR) is 73.2 cm³/mol. The van der Waals surface area contributed by atoms with E-state index in [9.17, 15) is 5.11 Å². The largest absolute Gasteiger partial charge is 0.493 e. The van der Waals surface area contributed by atoms with Gasteiger partial charge in [0.05, 0.1) is 20.3 Å². The van der Waals surface area contributed by atoms with Crippen molar-refractivity contribution in [2.24, 2.45) is 5.92 Å². The smallest absolute Gasteiger partial charge is 0.161 e. The van der Waals surface area contributed by atoms with Crippen LogP contribution in [0.3, 0.4) is 0 Å². The van der Waals surface area contributed by atoms with E-state index in [2.05, 4.69) is 13.8 Å². The van der Waals surface area contributed by atoms with E-state index in [1.54, 1.807) is 14.2 Å². The highest BCUT2D eigenvalue weighted by Crippen LogP contribution is 2.32. The van der Waals surface area contributed by atoms with Gasteiger partial charge in [0.15, 0.2) is 11.5 Å². The maximum Gasteiger partial charge on any atom is 0.161 e. The number of hydrogen-bond acceptors (Lipinski definition) is 3. The summed E-state index contributed by atoms with van der Waals surface area (Å²) in [7, 11) is 3.21. The van der Waals surface area contributed by atoms with Crippen LogP contribution >= 0.6 is 0 Å². The van der Waals surface area contributed by atoms with Crippen molar-refractivity contribution in [2.75, 3.05) is 14.2 Å². The van der Waals surface area contributed by atoms with Crippen molar-refractivity contribution in [1.29, 1.82) is 0 Å². The minimum Gasteiger partial charge on any atom is -0.493 e. The monoisotopic (exact) mass is 252 g/mol. The fourth-order valence-electron chi connectivity index (χ4n) is 2.19. The predicted octanol–water partition coefficient (Wildman–Crippen LogP) is 3.56. The van der Waals surface area contributed by atoms with Gasteiger partial charge in [0.1, 0.15) is 0 Å². The topological polar surface area (TPSA) is 38.7 Å². The third-order valence-electron chi connectivity index (χ3n) is 3.20. The van der Waals surface area contributed by atoms with E-state index in [0.717, 1.165) is 24.8 Å². The van der Waals surface area contributed by atoms with E-state index in [-0.39, 0.29) is 0 Å². The molecule has 1 aromatic carbocycles. The molecule has 2 atom stereocenters. The van der Waals surface area contributed by atoms with Crippen LogP contribution in [0.2, 0.25) is 0 Å². The molecule has 0 spiro atoms. The number of methoxy groups -OCH3 is 2. The Balaban J connectivity index is 2.76. The van der Waals surface area contributed by atoms with Crippen molar-refractivity contribution >= 4 is 0 Å². The number of ether oxygens (including phenoxy) is 2. The van der Waals surface area contributed by atoms with E-state index in [1.807, 2.05) is 18.2 Å². The van der Waals surface area contributed by atoms with Gasteiger partial charge >= 0.3 is 0 Å². The highest BCUT2D eigenvalue weighted by atomic mass is 16.5. The minimum absolute atomic E-state index is 0.439. The zero-order valence-corrected chi connectivity index (χ0v) is 11.8. The van der Waals surface area contributed by atoms with Crippen molar-refractivity contribution in [1.82, 2.24) is 0 Å². The lowest BCUT2D eigenvalue weighted by Gasteiger charge is -2.17. The number of benzene rings is 1. The van der Waals surface area contributed by atoms with Crippen LogP contribution in [0.4, 0.5) is 0 Å². The summed E-state index contributed by atoms with van der Waals surface area (Å²) in [6.45, 7) is 4.34. The van der Waals surface area contributed by atoms with Gasteiger partial charge in [-0.3, -0.25) is 0 Å². The lowest BCUT2D eigenvalue weighted by atomic mass is 9.95. The van der Waals surface area contributed by atoms with Crippen LogP contribution in [-0.2, 0) is 0 Å². The highest BCUT2D eigenvalue weighted by molar-refractivity contribution is 5.43. The Morgan fingerprint density at radius 3 is 2.39 bits per heavy atom. The molecule has 0 aliphatic carbocycles. The van der Waals surface area contributed by atoms with Crippen LogP contribution < -0.4 is 9.47 Å². The molecule has 0 heterocycles. The normalized spacial score (nSPS) is 14.1. The summed E-state index contributed by atoms with van der Waals surface area (Å²) < 4.78 is 10.4. The molecule has 0 radical (unpaired) electrons. The molecular formula is C15H24O3. The van der Waals surface area contributed by atoms with E-state index >= 15 is 0 Å². The molecule has 0 saturated carbocycles. The standard InChI is InChI=1S/C15H24O3/c1-5-6-11(2)9-13(16)12-7-8-14(17-3)15(10-12)18-4/h7-8,10-11,13,16H,5-6,9H2,1-4H3. The van der Waals surface area contributed by atoms with E-state index in [0.29, 0.717) is 17.4 Å². The van der Waals surface area contributed by atoms with Crippen molar-refractivity contribution in [3.8, 4) is 11.5 Å². The van der Waals surface area contributed by atoms with Gasteiger partial charge in [-0.2, -0.15) is 0 Å². The maximum atomic E-state index is 10.2. The number of aliphatic hydroxyl groups excluding tert-OH is 1. The molecule has 18 heavy (non-hydrogen) atoms. The van der Waals surface area contributed by atoms with E-state index in [1.165, 1.54) is 0 Å². The van der Waals surface area contributed by atoms with Crippen LogP contribution in [0.15, 0.2) is 18.2 Å². The first-order chi connectivity index (χ1) is 8.62. The summed E-state index contributed by atoms with van der Waals surface area (Å²) in [5.74, 6) is 1.88. The number of rotatable bonds is 7. The molecule has 2 unspecified atom stereocenters. The van der Waals surface area contributed by atoms with Crippen molar-refractivity contribution in [3.05, 3.63) is 23.8 Å². The number of aliphatic hydroxyl groups is 1. The molecule has 0 saturated heterocycles. The summed E-state index contributed by atoms with van der Waals surface area (Å²) in [5, 5.41) is 10.2. The van der Waals surface area contributed by atoms with Crippen molar-refractivity contribution in [3.63, 3.8) is 0 Å². The van der Waals surface area contributed by atoms with Gasteiger partial charge in [0.2, 0.25) is 0 Å². The van der Waals surface area contributed by atoms with Gasteiger partial charge in [0.25, 0.3) is 0 Å². The van der Waals surface area contributed by atoms with Crippen LogP contribution in [0.25, 0.3) is 0 Å². The van der Waals surface area contributed by atoms with Gasteiger partial charge < -0.3 is 14.6 Å². The zero-order chi connectivity index (χ0) is 13.5. The first kappa shape index (κ1) is 14.8. The fraction of sp³-hybridized carbons (Fsp3) is 0.600. The summed E-state index contributed by atoms with van der Waals surface area (Å²) in [4.78, 5) is 0.